The summed E-state index contributed by atoms with van der Waals surface area (Å²) in [6, 6.07) is 9.38. The molecule has 0 aliphatic carbocycles. The number of esters is 1. The molecule has 1 fully saturated rings. The van der Waals surface area contributed by atoms with E-state index in [4.69, 9.17) is 15.4 Å². The Balaban J connectivity index is 2.05. The second kappa shape index (κ2) is 9.27. The lowest BCUT2D eigenvalue weighted by molar-refractivity contribution is -0.152. The van der Waals surface area contributed by atoms with Gasteiger partial charge in [-0.1, -0.05) is 32.0 Å². The second-order valence-electron chi connectivity index (χ2n) is 7.09. The van der Waals surface area contributed by atoms with Crippen LogP contribution in [0.1, 0.15) is 45.1 Å². The van der Waals surface area contributed by atoms with Gasteiger partial charge in [-0.2, -0.15) is 5.26 Å². The number of nitriles is 1. The van der Waals surface area contributed by atoms with Gasteiger partial charge in [-0.05, 0) is 30.9 Å². The van der Waals surface area contributed by atoms with Gasteiger partial charge in [-0.25, -0.2) is 0 Å². The molecule has 1 N–H and O–H groups in total. The van der Waals surface area contributed by atoms with E-state index in [1.54, 1.807) is 11.0 Å². The predicted octanol–water partition coefficient (Wildman–Crippen LogP) is 2.84. The lowest BCUT2D eigenvalue weighted by atomic mass is 9.96. The molecule has 1 saturated heterocycles. The highest BCUT2D eigenvalue weighted by molar-refractivity contribution is 6.06. The van der Waals surface area contributed by atoms with Gasteiger partial charge in [-0.3, -0.25) is 14.4 Å². The number of nitrogens with zero attached hydrogens (tertiary/aromatic N) is 2. The van der Waals surface area contributed by atoms with Crippen LogP contribution in [0.5, 0.6) is 0 Å². The fourth-order valence-electron chi connectivity index (χ4n) is 3.22. The summed E-state index contributed by atoms with van der Waals surface area (Å²) in [5, 5.41) is 16.3. The molecule has 1 aliphatic rings. The minimum absolute atomic E-state index is 0.0210. The molecule has 7 nitrogen and oxygen atoms in total. The molecule has 2 rings (SSSR count). The van der Waals surface area contributed by atoms with Crippen molar-refractivity contribution in [3.8, 4) is 6.07 Å². The largest absolute Gasteiger partial charge is 0.457 e. The number of carbonyl (C=O) groups is 3. The van der Waals surface area contributed by atoms with Crippen LogP contribution >= 0.6 is 0 Å². The van der Waals surface area contributed by atoms with Gasteiger partial charge in [0.25, 0.3) is 0 Å². The minimum Gasteiger partial charge on any atom is -0.457 e. The third kappa shape index (κ3) is 4.63. The number of rotatable bonds is 8. The Morgan fingerprint density at radius 3 is 2.68 bits per heavy atom. The van der Waals surface area contributed by atoms with Crippen molar-refractivity contribution < 1.29 is 19.1 Å². The first kappa shape index (κ1) is 21.3. The first-order chi connectivity index (χ1) is 13.3. The molecule has 1 heterocycles. The summed E-state index contributed by atoms with van der Waals surface area (Å²) in [5.41, 5.74) is 1.77. The molecule has 1 aromatic rings. The monoisotopic (exact) mass is 383 g/mol. The number of anilines is 1. The summed E-state index contributed by atoms with van der Waals surface area (Å²) >= 11 is 0. The van der Waals surface area contributed by atoms with E-state index >= 15 is 0 Å². The Kier molecular flexibility index (Phi) is 7.05. The third-order valence-electron chi connectivity index (χ3n) is 5.07. The van der Waals surface area contributed by atoms with Gasteiger partial charge < -0.3 is 15.0 Å². The van der Waals surface area contributed by atoms with Crippen molar-refractivity contribution in [1.29, 1.82) is 10.7 Å². The lowest BCUT2D eigenvalue weighted by Gasteiger charge is -2.23. The van der Waals surface area contributed by atoms with Gasteiger partial charge in [0.05, 0.1) is 12.0 Å². The van der Waals surface area contributed by atoms with E-state index in [0.29, 0.717) is 0 Å². The van der Waals surface area contributed by atoms with Gasteiger partial charge in [0, 0.05) is 24.4 Å². The Morgan fingerprint density at radius 2 is 2.07 bits per heavy atom. The normalized spacial score (nSPS) is 18.3. The number of ketones is 1. The van der Waals surface area contributed by atoms with E-state index in [0.717, 1.165) is 17.7 Å². The topological polar surface area (TPSA) is 111 Å². The van der Waals surface area contributed by atoms with Crippen LogP contribution in [0.3, 0.4) is 0 Å². The predicted molar refractivity (Wildman–Crippen MR) is 104 cm³/mol. The molecule has 0 unspecified atom stereocenters. The van der Waals surface area contributed by atoms with E-state index in [2.05, 4.69) is 13.8 Å². The number of para-hydroxylation sites is 1. The number of hydrogen-bond acceptors (Lipinski definition) is 6. The molecule has 0 radical (unpaired) electrons. The van der Waals surface area contributed by atoms with Crippen LogP contribution in [0, 0.1) is 28.6 Å². The maximum absolute atomic E-state index is 12.5. The van der Waals surface area contributed by atoms with Crippen LogP contribution in [-0.4, -0.2) is 36.5 Å². The molecule has 0 saturated carbocycles. The van der Waals surface area contributed by atoms with Crippen molar-refractivity contribution in [2.45, 2.75) is 39.5 Å². The molecule has 0 bridgehead atoms. The maximum atomic E-state index is 12.5. The van der Waals surface area contributed by atoms with E-state index < -0.39 is 30.2 Å². The molecule has 0 spiro atoms. The van der Waals surface area contributed by atoms with Crippen LogP contribution in [-0.2, 0) is 19.1 Å². The summed E-state index contributed by atoms with van der Waals surface area (Å²) in [7, 11) is 0. The molecular weight excluding hydrogens is 358 g/mol. The minimum atomic E-state index is -1.21. The van der Waals surface area contributed by atoms with Gasteiger partial charge >= 0.3 is 5.97 Å². The lowest BCUT2D eigenvalue weighted by Crippen LogP contribution is -2.30. The fraction of sp³-hybridized carbons (Fsp3) is 0.476. The van der Waals surface area contributed by atoms with Crippen molar-refractivity contribution >= 4 is 29.1 Å². The number of hydrogen-bond donors (Lipinski definition) is 1. The van der Waals surface area contributed by atoms with Gasteiger partial charge in [-0.15, -0.1) is 0 Å². The molecule has 7 heteroatoms. The molecule has 0 aromatic heterocycles. The highest BCUT2D eigenvalue weighted by Crippen LogP contribution is 2.33. The highest BCUT2D eigenvalue weighted by atomic mass is 16.5. The number of benzene rings is 1. The second-order valence-corrected chi connectivity index (χ2v) is 7.09. The SMILES string of the molecule is CC[C@H](C)c1ccccc1N1C[C@H](C(=O)OCC(=O)[C@H](C#N)C(C)=N)CC1=O. The quantitative estimate of drug-likeness (QED) is 0.548. The van der Waals surface area contributed by atoms with Gasteiger partial charge in [0.15, 0.2) is 12.4 Å². The van der Waals surface area contributed by atoms with Crippen molar-refractivity contribution in [2.75, 3.05) is 18.1 Å². The average Bonchev–Trinajstić information content (AvgIpc) is 3.07. The van der Waals surface area contributed by atoms with Crippen LogP contribution in [0.15, 0.2) is 24.3 Å². The number of Topliss-reactive ketones (excluding diaryl/α,β-unsaturated/α-hetero) is 1. The smallest absolute Gasteiger partial charge is 0.311 e. The van der Waals surface area contributed by atoms with Crippen molar-refractivity contribution in [1.82, 2.24) is 0 Å². The molecule has 1 amide bonds. The molecule has 1 aromatic carbocycles. The van der Waals surface area contributed by atoms with Gasteiger partial charge in [0.1, 0.15) is 5.92 Å². The molecule has 1 aliphatic heterocycles. The summed E-state index contributed by atoms with van der Waals surface area (Å²) in [6.07, 6.45) is 0.951. The summed E-state index contributed by atoms with van der Waals surface area (Å²) in [6.45, 7) is 5.16. The first-order valence-electron chi connectivity index (χ1n) is 9.33. The van der Waals surface area contributed by atoms with Crippen LogP contribution in [0.25, 0.3) is 0 Å². The van der Waals surface area contributed by atoms with Crippen LogP contribution < -0.4 is 4.90 Å². The summed E-state index contributed by atoms with van der Waals surface area (Å²) < 4.78 is 5.04. The Bertz CT molecular complexity index is 827. The summed E-state index contributed by atoms with van der Waals surface area (Å²) in [4.78, 5) is 38.4. The maximum Gasteiger partial charge on any atom is 0.311 e. The van der Waals surface area contributed by atoms with E-state index in [1.165, 1.54) is 6.92 Å². The van der Waals surface area contributed by atoms with Crippen molar-refractivity contribution in [2.24, 2.45) is 11.8 Å². The van der Waals surface area contributed by atoms with E-state index in [1.807, 2.05) is 24.3 Å². The van der Waals surface area contributed by atoms with E-state index in [9.17, 15) is 14.4 Å². The fourth-order valence-corrected chi connectivity index (χ4v) is 3.22. The zero-order chi connectivity index (χ0) is 20.8. The Hall–Kier alpha value is -3.01. The number of ether oxygens (including phenoxy) is 1. The molecule has 28 heavy (non-hydrogen) atoms. The molecule has 148 valence electrons. The van der Waals surface area contributed by atoms with Crippen LogP contribution in [0.2, 0.25) is 0 Å². The number of nitrogens with one attached hydrogen (secondary N) is 1. The van der Waals surface area contributed by atoms with Crippen LogP contribution in [0.4, 0.5) is 5.69 Å². The number of amides is 1. The number of carbonyl (C=O) groups excluding carboxylic acids is 3. The van der Waals surface area contributed by atoms with Gasteiger partial charge in [0.2, 0.25) is 5.91 Å². The average molecular weight is 383 g/mol. The highest BCUT2D eigenvalue weighted by Gasteiger charge is 2.37. The van der Waals surface area contributed by atoms with Crippen molar-refractivity contribution in [3.63, 3.8) is 0 Å². The standard InChI is InChI=1S/C21H25N3O4/c1-4-13(2)16-7-5-6-8-18(16)24-11-15(9-20(24)26)21(27)28-12-19(25)17(10-22)14(3)23/h5-8,13,15,17,23H,4,9,11-12H2,1-3H3/t13-,15+,17+/m0/s1. The van der Waals surface area contributed by atoms with E-state index in [-0.39, 0.29) is 30.5 Å². The Morgan fingerprint density at radius 1 is 1.39 bits per heavy atom. The molecule has 3 atom stereocenters. The third-order valence-corrected chi connectivity index (χ3v) is 5.07. The first-order valence-corrected chi connectivity index (χ1v) is 9.33. The van der Waals surface area contributed by atoms with Crippen molar-refractivity contribution in [3.05, 3.63) is 29.8 Å². The summed E-state index contributed by atoms with van der Waals surface area (Å²) in [5.74, 6) is -3.02. The Labute approximate surface area is 164 Å². The zero-order valence-electron chi connectivity index (χ0n) is 16.4. The molecular formula is C21H25N3O4. The zero-order valence-corrected chi connectivity index (χ0v) is 16.4.